The molecule has 6 heteroatoms. The van der Waals surface area contributed by atoms with Gasteiger partial charge in [0.2, 0.25) is 0 Å². The molecule has 0 aliphatic carbocycles. The van der Waals surface area contributed by atoms with E-state index in [4.69, 9.17) is 5.73 Å². The van der Waals surface area contributed by atoms with Crippen LogP contribution >= 0.6 is 0 Å². The maximum absolute atomic E-state index is 10.8. The molecule has 98 valence electrons. The van der Waals surface area contributed by atoms with Crippen molar-refractivity contribution in [1.82, 2.24) is 4.98 Å². The molecule has 2 unspecified atom stereocenters. The molecule has 0 aromatic carbocycles. The quantitative estimate of drug-likeness (QED) is 0.650. The van der Waals surface area contributed by atoms with Crippen LogP contribution in [0, 0.1) is 16.0 Å². The van der Waals surface area contributed by atoms with Gasteiger partial charge in [0.25, 0.3) is 5.69 Å². The van der Waals surface area contributed by atoms with Crippen molar-refractivity contribution in [3.05, 3.63) is 28.4 Å². The van der Waals surface area contributed by atoms with Crippen molar-refractivity contribution in [3.63, 3.8) is 0 Å². The summed E-state index contributed by atoms with van der Waals surface area (Å²) in [6.45, 7) is 3.59. The van der Waals surface area contributed by atoms with Gasteiger partial charge >= 0.3 is 0 Å². The van der Waals surface area contributed by atoms with Gasteiger partial charge in [0, 0.05) is 24.8 Å². The predicted octanol–water partition coefficient (Wildman–Crippen LogP) is 1.55. The van der Waals surface area contributed by atoms with E-state index in [1.165, 1.54) is 18.3 Å². The Morgan fingerprint density at radius 3 is 3.06 bits per heavy atom. The third-order valence-electron chi connectivity index (χ3n) is 3.55. The molecule has 2 atom stereocenters. The van der Waals surface area contributed by atoms with Gasteiger partial charge in [-0.2, -0.15) is 0 Å². The van der Waals surface area contributed by atoms with Gasteiger partial charge in [-0.15, -0.1) is 0 Å². The molecular weight excluding hydrogens is 232 g/mol. The number of hydrogen-bond acceptors (Lipinski definition) is 5. The number of nitrogens with zero attached hydrogens (tertiary/aromatic N) is 3. The highest BCUT2D eigenvalue weighted by molar-refractivity contribution is 5.47. The van der Waals surface area contributed by atoms with Gasteiger partial charge in [0.15, 0.2) is 0 Å². The zero-order valence-corrected chi connectivity index (χ0v) is 10.5. The molecule has 1 aliphatic heterocycles. The first-order chi connectivity index (χ1) is 8.61. The Balaban J connectivity index is 2.23. The van der Waals surface area contributed by atoms with E-state index in [-0.39, 0.29) is 10.6 Å². The fourth-order valence-electron chi connectivity index (χ4n) is 2.37. The van der Waals surface area contributed by atoms with Gasteiger partial charge in [-0.05, 0) is 32.2 Å². The lowest BCUT2D eigenvalue weighted by molar-refractivity contribution is -0.384. The second kappa shape index (κ2) is 5.30. The van der Waals surface area contributed by atoms with E-state index in [0.717, 1.165) is 19.4 Å². The molecule has 1 aromatic rings. The molecule has 18 heavy (non-hydrogen) atoms. The van der Waals surface area contributed by atoms with Gasteiger partial charge in [-0.25, -0.2) is 4.98 Å². The number of nitro groups is 1. The minimum Gasteiger partial charge on any atom is -0.353 e. The first-order valence-electron chi connectivity index (χ1n) is 6.19. The van der Waals surface area contributed by atoms with Gasteiger partial charge in [-0.3, -0.25) is 10.1 Å². The first-order valence-corrected chi connectivity index (χ1v) is 6.19. The van der Waals surface area contributed by atoms with Crippen LogP contribution in [0.4, 0.5) is 11.5 Å². The number of pyridine rings is 1. The maximum atomic E-state index is 10.8. The molecular formula is C12H18N4O2. The highest BCUT2D eigenvalue weighted by atomic mass is 16.6. The van der Waals surface area contributed by atoms with Crippen molar-refractivity contribution in [2.45, 2.75) is 25.8 Å². The summed E-state index contributed by atoms with van der Waals surface area (Å²) in [4.78, 5) is 16.8. The van der Waals surface area contributed by atoms with Gasteiger partial charge in [0.1, 0.15) is 5.82 Å². The van der Waals surface area contributed by atoms with Crippen LogP contribution in [-0.2, 0) is 0 Å². The molecule has 0 spiro atoms. The summed E-state index contributed by atoms with van der Waals surface area (Å²) in [6.07, 6.45) is 3.65. The zero-order chi connectivity index (χ0) is 13.1. The zero-order valence-electron chi connectivity index (χ0n) is 10.5. The average molecular weight is 250 g/mol. The minimum atomic E-state index is -0.389. The topological polar surface area (TPSA) is 85.3 Å². The minimum absolute atomic E-state index is 0.0853. The lowest BCUT2D eigenvalue weighted by atomic mass is 9.93. The fourth-order valence-corrected chi connectivity index (χ4v) is 2.37. The number of nitrogens with two attached hydrogens (primary N) is 1. The molecule has 0 saturated carbocycles. The van der Waals surface area contributed by atoms with Crippen LogP contribution in [0.2, 0.25) is 0 Å². The van der Waals surface area contributed by atoms with Crippen LogP contribution in [0.1, 0.15) is 19.8 Å². The van der Waals surface area contributed by atoms with Crippen LogP contribution in [0.25, 0.3) is 0 Å². The Labute approximate surface area is 106 Å². The van der Waals surface area contributed by atoms with E-state index in [0.29, 0.717) is 24.3 Å². The molecule has 1 aliphatic rings. The number of piperidine rings is 1. The van der Waals surface area contributed by atoms with E-state index < -0.39 is 0 Å². The van der Waals surface area contributed by atoms with Crippen molar-refractivity contribution in [1.29, 1.82) is 0 Å². The lowest BCUT2D eigenvalue weighted by Gasteiger charge is -2.38. The smallest absolute Gasteiger partial charge is 0.274 e. The van der Waals surface area contributed by atoms with Crippen LogP contribution in [0.5, 0.6) is 0 Å². The monoisotopic (exact) mass is 250 g/mol. The highest BCUT2D eigenvalue weighted by Gasteiger charge is 2.26. The van der Waals surface area contributed by atoms with Crippen LogP contribution in [0.3, 0.4) is 0 Å². The molecule has 1 aromatic heterocycles. The summed E-state index contributed by atoms with van der Waals surface area (Å²) in [5, 5.41) is 10.8. The van der Waals surface area contributed by atoms with Crippen molar-refractivity contribution >= 4 is 11.5 Å². The summed E-state index contributed by atoms with van der Waals surface area (Å²) in [5.74, 6) is 1.12. The molecule has 0 radical (unpaired) electrons. The van der Waals surface area contributed by atoms with Gasteiger partial charge in [0.05, 0.1) is 11.0 Å². The van der Waals surface area contributed by atoms with Crippen molar-refractivity contribution in [2.24, 2.45) is 11.7 Å². The summed E-state index contributed by atoms with van der Waals surface area (Å²) in [6, 6.07) is 3.30. The third-order valence-corrected chi connectivity index (χ3v) is 3.55. The molecule has 0 amide bonds. The largest absolute Gasteiger partial charge is 0.353 e. The molecule has 1 saturated heterocycles. The molecule has 2 N–H and O–H groups in total. The number of rotatable bonds is 3. The van der Waals surface area contributed by atoms with E-state index in [2.05, 4.69) is 16.8 Å². The average Bonchev–Trinajstić information content (AvgIpc) is 2.39. The Morgan fingerprint density at radius 2 is 2.39 bits per heavy atom. The Kier molecular flexibility index (Phi) is 3.76. The Morgan fingerprint density at radius 1 is 1.61 bits per heavy atom. The van der Waals surface area contributed by atoms with E-state index in [1.807, 2.05) is 0 Å². The van der Waals surface area contributed by atoms with E-state index in [1.54, 1.807) is 0 Å². The SMILES string of the molecule is CC1CCC(CN)CN1c1cc([N+](=O)[O-])ccn1. The third kappa shape index (κ3) is 2.59. The van der Waals surface area contributed by atoms with Gasteiger partial charge in [-0.1, -0.05) is 0 Å². The summed E-state index contributed by atoms with van der Waals surface area (Å²) >= 11 is 0. The van der Waals surface area contributed by atoms with Crippen molar-refractivity contribution < 1.29 is 4.92 Å². The fraction of sp³-hybridized carbons (Fsp3) is 0.583. The predicted molar refractivity (Wildman–Crippen MR) is 69.5 cm³/mol. The van der Waals surface area contributed by atoms with Gasteiger partial charge < -0.3 is 10.6 Å². The van der Waals surface area contributed by atoms with Crippen LogP contribution in [-0.4, -0.2) is 29.0 Å². The second-order valence-electron chi connectivity index (χ2n) is 4.81. The normalized spacial score (nSPS) is 24.0. The van der Waals surface area contributed by atoms with E-state index in [9.17, 15) is 10.1 Å². The van der Waals surface area contributed by atoms with Crippen LogP contribution in [0.15, 0.2) is 18.3 Å². The Hall–Kier alpha value is -1.69. The van der Waals surface area contributed by atoms with Crippen LogP contribution < -0.4 is 10.6 Å². The molecule has 0 bridgehead atoms. The maximum Gasteiger partial charge on any atom is 0.274 e. The number of hydrogen-bond donors (Lipinski definition) is 1. The van der Waals surface area contributed by atoms with Crippen molar-refractivity contribution in [2.75, 3.05) is 18.0 Å². The molecule has 2 heterocycles. The highest BCUT2D eigenvalue weighted by Crippen LogP contribution is 2.27. The van der Waals surface area contributed by atoms with Crippen molar-refractivity contribution in [3.8, 4) is 0 Å². The summed E-state index contributed by atoms with van der Waals surface area (Å²) in [7, 11) is 0. The second-order valence-corrected chi connectivity index (χ2v) is 4.81. The summed E-state index contributed by atoms with van der Waals surface area (Å²) in [5.41, 5.74) is 5.80. The number of anilines is 1. The molecule has 2 rings (SSSR count). The number of aromatic nitrogens is 1. The standard InChI is InChI=1S/C12H18N4O2/c1-9-2-3-10(7-13)8-15(9)12-6-11(16(17)18)4-5-14-12/h4-6,9-10H,2-3,7-8,13H2,1H3. The Bertz CT molecular complexity index is 438. The summed E-state index contributed by atoms with van der Waals surface area (Å²) < 4.78 is 0. The van der Waals surface area contributed by atoms with E-state index >= 15 is 0 Å². The molecule has 1 fully saturated rings. The lowest BCUT2D eigenvalue weighted by Crippen LogP contribution is -2.44. The molecule has 6 nitrogen and oxygen atoms in total. The first kappa shape index (κ1) is 12.8.